The number of halogens is 1. The summed E-state index contributed by atoms with van der Waals surface area (Å²) in [6.45, 7) is 0.810. The van der Waals surface area contributed by atoms with E-state index in [1.54, 1.807) is 12.1 Å². The molecule has 0 amide bonds. The molecule has 0 radical (unpaired) electrons. The van der Waals surface area contributed by atoms with Gasteiger partial charge < -0.3 is 10.6 Å². The van der Waals surface area contributed by atoms with Crippen molar-refractivity contribution >= 4 is 0 Å². The Balaban J connectivity index is 2.05. The third kappa shape index (κ3) is 3.80. The van der Waals surface area contributed by atoms with Crippen molar-refractivity contribution in [1.29, 1.82) is 0 Å². The molecule has 112 valence electrons. The Morgan fingerprint density at radius 1 is 1.15 bits per heavy atom. The van der Waals surface area contributed by atoms with E-state index in [0.29, 0.717) is 12.0 Å². The minimum atomic E-state index is -0.155. The van der Waals surface area contributed by atoms with Crippen LogP contribution in [0.1, 0.15) is 43.7 Å². The summed E-state index contributed by atoms with van der Waals surface area (Å²) in [6.07, 6.45) is 6.24. The predicted octanol–water partition coefficient (Wildman–Crippen LogP) is 3.58. The maximum atomic E-state index is 13.1. The molecular weight excluding hydrogens is 251 g/mol. The van der Waals surface area contributed by atoms with Crippen molar-refractivity contribution in [3.63, 3.8) is 0 Å². The number of rotatable bonds is 5. The molecule has 2 nitrogen and oxygen atoms in total. The molecule has 0 saturated heterocycles. The van der Waals surface area contributed by atoms with E-state index >= 15 is 0 Å². The van der Waals surface area contributed by atoms with Crippen LogP contribution in [0.15, 0.2) is 24.3 Å². The van der Waals surface area contributed by atoms with E-state index in [1.807, 2.05) is 12.1 Å². The van der Waals surface area contributed by atoms with Gasteiger partial charge in [0.05, 0.1) is 0 Å². The van der Waals surface area contributed by atoms with Crippen LogP contribution in [0.25, 0.3) is 0 Å². The molecule has 2 rings (SSSR count). The van der Waals surface area contributed by atoms with Gasteiger partial charge in [0.25, 0.3) is 0 Å². The van der Waals surface area contributed by atoms with Gasteiger partial charge in [0.2, 0.25) is 0 Å². The first-order valence-corrected chi connectivity index (χ1v) is 7.73. The van der Waals surface area contributed by atoms with Gasteiger partial charge in [0, 0.05) is 6.04 Å². The normalized spacial score (nSPS) is 24.9. The van der Waals surface area contributed by atoms with Crippen LogP contribution in [0.5, 0.6) is 0 Å². The first-order chi connectivity index (χ1) is 9.61. The number of nitrogens with zero attached hydrogens (tertiary/aromatic N) is 1. The largest absolute Gasteiger partial charge is 0.330 e. The SMILES string of the molecule is CN(C)C(c1ccc(F)cc1)C1CCC(CCN)CC1. The molecule has 2 N–H and O–H groups in total. The molecule has 1 aromatic carbocycles. The fourth-order valence-corrected chi connectivity index (χ4v) is 3.68. The molecule has 0 spiro atoms. The zero-order valence-corrected chi connectivity index (χ0v) is 12.7. The Kier molecular flexibility index (Phi) is 5.55. The molecule has 1 unspecified atom stereocenters. The van der Waals surface area contributed by atoms with Crippen molar-refractivity contribution < 1.29 is 4.39 Å². The summed E-state index contributed by atoms with van der Waals surface area (Å²) in [6, 6.07) is 7.42. The zero-order chi connectivity index (χ0) is 14.5. The van der Waals surface area contributed by atoms with Gasteiger partial charge in [-0.1, -0.05) is 25.0 Å². The lowest BCUT2D eigenvalue weighted by Crippen LogP contribution is -2.30. The summed E-state index contributed by atoms with van der Waals surface area (Å²) < 4.78 is 13.1. The monoisotopic (exact) mass is 278 g/mol. The second kappa shape index (κ2) is 7.19. The van der Waals surface area contributed by atoms with E-state index < -0.39 is 0 Å². The second-order valence-corrected chi connectivity index (χ2v) is 6.32. The highest BCUT2D eigenvalue weighted by atomic mass is 19.1. The van der Waals surface area contributed by atoms with Crippen LogP contribution in [-0.2, 0) is 0 Å². The standard InChI is InChI=1S/C17H27FN2/c1-20(2)17(15-7-9-16(18)10-8-15)14-5-3-13(4-6-14)11-12-19/h7-10,13-14,17H,3-6,11-12,19H2,1-2H3. The molecule has 1 saturated carbocycles. The van der Waals surface area contributed by atoms with Crippen LogP contribution in [-0.4, -0.2) is 25.5 Å². The first kappa shape index (κ1) is 15.5. The summed E-state index contributed by atoms with van der Waals surface area (Å²) in [5, 5.41) is 0. The van der Waals surface area contributed by atoms with Crippen molar-refractivity contribution in [3.05, 3.63) is 35.6 Å². The molecule has 20 heavy (non-hydrogen) atoms. The fraction of sp³-hybridized carbons (Fsp3) is 0.647. The molecule has 0 aromatic heterocycles. The van der Waals surface area contributed by atoms with Crippen LogP contribution in [0.4, 0.5) is 4.39 Å². The van der Waals surface area contributed by atoms with Gasteiger partial charge in [-0.2, -0.15) is 0 Å². The molecule has 0 aliphatic heterocycles. The van der Waals surface area contributed by atoms with Crippen molar-refractivity contribution in [1.82, 2.24) is 4.90 Å². The molecule has 1 aliphatic carbocycles. The first-order valence-electron chi connectivity index (χ1n) is 7.73. The van der Waals surface area contributed by atoms with Crippen molar-refractivity contribution in [2.45, 2.75) is 38.1 Å². The molecule has 3 heteroatoms. The average molecular weight is 278 g/mol. The van der Waals surface area contributed by atoms with Crippen molar-refractivity contribution in [3.8, 4) is 0 Å². The minimum absolute atomic E-state index is 0.155. The van der Waals surface area contributed by atoms with E-state index in [0.717, 1.165) is 18.9 Å². The van der Waals surface area contributed by atoms with Crippen LogP contribution in [0.3, 0.4) is 0 Å². The van der Waals surface area contributed by atoms with Gasteiger partial charge in [-0.25, -0.2) is 4.39 Å². The van der Waals surface area contributed by atoms with Gasteiger partial charge in [-0.15, -0.1) is 0 Å². The van der Waals surface area contributed by atoms with Crippen LogP contribution < -0.4 is 5.73 Å². The summed E-state index contributed by atoms with van der Waals surface area (Å²) in [5.74, 6) is 1.33. The second-order valence-electron chi connectivity index (χ2n) is 6.32. The third-order valence-corrected chi connectivity index (χ3v) is 4.68. The van der Waals surface area contributed by atoms with E-state index in [2.05, 4.69) is 19.0 Å². The zero-order valence-electron chi connectivity index (χ0n) is 12.7. The third-order valence-electron chi connectivity index (χ3n) is 4.68. The quantitative estimate of drug-likeness (QED) is 0.892. The number of hydrogen-bond donors (Lipinski definition) is 1. The van der Waals surface area contributed by atoms with Gasteiger partial charge >= 0.3 is 0 Å². The number of nitrogens with two attached hydrogens (primary N) is 1. The highest BCUT2D eigenvalue weighted by Crippen LogP contribution is 2.40. The Bertz CT molecular complexity index is 394. The lowest BCUT2D eigenvalue weighted by atomic mass is 9.75. The highest BCUT2D eigenvalue weighted by molar-refractivity contribution is 5.21. The van der Waals surface area contributed by atoms with Crippen molar-refractivity contribution in [2.75, 3.05) is 20.6 Å². The molecule has 1 atom stereocenters. The van der Waals surface area contributed by atoms with Crippen molar-refractivity contribution in [2.24, 2.45) is 17.6 Å². The van der Waals surface area contributed by atoms with E-state index in [4.69, 9.17) is 5.73 Å². The summed E-state index contributed by atoms with van der Waals surface area (Å²) in [5.41, 5.74) is 6.90. The van der Waals surface area contributed by atoms with Gasteiger partial charge in [0.1, 0.15) is 5.82 Å². The Labute approximate surface area is 122 Å². The Hall–Kier alpha value is -0.930. The van der Waals surface area contributed by atoms with Crippen LogP contribution in [0.2, 0.25) is 0 Å². The number of hydrogen-bond acceptors (Lipinski definition) is 2. The smallest absolute Gasteiger partial charge is 0.123 e. The molecule has 1 fully saturated rings. The van der Waals surface area contributed by atoms with E-state index in [1.165, 1.54) is 31.2 Å². The minimum Gasteiger partial charge on any atom is -0.330 e. The van der Waals surface area contributed by atoms with E-state index in [-0.39, 0.29) is 5.82 Å². The molecule has 0 heterocycles. The maximum absolute atomic E-state index is 13.1. The van der Waals surface area contributed by atoms with E-state index in [9.17, 15) is 4.39 Å². The number of benzene rings is 1. The predicted molar refractivity (Wildman–Crippen MR) is 81.9 cm³/mol. The van der Waals surface area contributed by atoms with Gasteiger partial charge in [-0.05, 0) is 69.4 Å². The lowest BCUT2D eigenvalue weighted by Gasteiger charge is -2.37. The van der Waals surface area contributed by atoms with Crippen LogP contribution >= 0.6 is 0 Å². The fourth-order valence-electron chi connectivity index (χ4n) is 3.68. The summed E-state index contributed by atoms with van der Waals surface area (Å²) in [7, 11) is 4.25. The lowest BCUT2D eigenvalue weighted by molar-refractivity contribution is 0.147. The molecular formula is C17H27FN2. The van der Waals surface area contributed by atoms with Gasteiger partial charge in [0.15, 0.2) is 0 Å². The summed E-state index contributed by atoms with van der Waals surface area (Å²) >= 11 is 0. The topological polar surface area (TPSA) is 29.3 Å². The maximum Gasteiger partial charge on any atom is 0.123 e. The molecule has 1 aliphatic rings. The Morgan fingerprint density at radius 3 is 2.25 bits per heavy atom. The highest BCUT2D eigenvalue weighted by Gasteiger charge is 2.29. The average Bonchev–Trinajstić information content (AvgIpc) is 2.43. The molecule has 1 aromatic rings. The Morgan fingerprint density at radius 2 is 1.75 bits per heavy atom. The summed E-state index contributed by atoms with van der Waals surface area (Å²) in [4.78, 5) is 2.28. The van der Waals surface area contributed by atoms with Gasteiger partial charge in [-0.3, -0.25) is 0 Å². The van der Waals surface area contributed by atoms with Crippen LogP contribution in [0, 0.1) is 17.7 Å². The molecule has 0 bridgehead atoms.